The number of aliphatic hydroxyl groups is 1. The van der Waals surface area contributed by atoms with Crippen LogP contribution >= 0.6 is 19.3 Å². The van der Waals surface area contributed by atoms with Gasteiger partial charge in [0, 0.05) is 6.04 Å². The van der Waals surface area contributed by atoms with Crippen LogP contribution in [-0.4, -0.2) is 78.6 Å². The van der Waals surface area contributed by atoms with Crippen LogP contribution in [0.3, 0.4) is 0 Å². The van der Waals surface area contributed by atoms with Crippen LogP contribution in [0.2, 0.25) is 0 Å². The summed E-state index contributed by atoms with van der Waals surface area (Å²) in [5.74, 6) is -0.751. The minimum Gasteiger partial charge on any atom is -0.462 e. The highest BCUT2D eigenvalue weighted by Gasteiger charge is 2.71. The largest absolute Gasteiger partial charge is 0.462 e. The number of alkyl halides is 4. The van der Waals surface area contributed by atoms with Gasteiger partial charge in [-0.3, -0.25) is 13.9 Å². The summed E-state index contributed by atoms with van der Waals surface area (Å²) in [5, 5.41) is 16.5. The Bertz CT molecular complexity index is 1580. The lowest BCUT2D eigenvalue weighted by Crippen LogP contribution is -2.53. The Balaban J connectivity index is 1.43. The maximum atomic E-state index is 14.6. The molecule has 14 nitrogen and oxygen atoms in total. The van der Waals surface area contributed by atoms with E-state index in [2.05, 4.69) is 25.4 Å². The molecule has 1 saturated heterocycles. The number of fused-ring (bicyclic) bond motifs is 1. The predicted octanol–water partition coefficient (Wildman–Crippen LogP) is 3.91. The summed E-state index contributed by atoms with van der Waals surface area (Å²) >= 11 is 6.21. The number of nitrogens with two attached hydrogens (primary N) is 1. The number of carbonyl (C=O) groups is 1. The smallest absolute Gasteiger partial charge is 0.459 e. The first-order chi connectivity index (χ1) is 21.1. The topological polar surface area (TPSA) is 185 Å². The zero-order chi connectivity index (χ0) is 32.7. The molecule has 5 N–H and O–H groups in total. The molecular weight excluding hydrogens is 646 g/mol. The molecule has 6 atom stereocenters. The number of hydrogen-bond donors (Lipinski definition) is 4. The van der Waals surface area contributed by atoms with Crippen LogP contribution in [0, 0.1) is 0 Å². The first-order valence-electron chi connectivity index (χ1n) is 13.9. The van der Waals surface area contributed by atoms with Gasteiger partial charge < -0.3 is 30.2 Å². The van der Waals surface area contributed by atoms with Crippen LogP contribution in [-0.2, 0) is 23.4 Å². The van der Waals surface area contributed by atoms with E-state index in [1.165, 1.54) is 19.1 Å². The van der Waals surface area contributed by atoms with Crippen LogP contribution in [0.1, 0.15) is 39.8 Å². The second-order valence-corrected chi connectivity index (χ2v) is 13.3. The van der Waals surface area contributed by atoms with Gasteiger partial charge in [-0.1, -0.05) is 18.2 Å². The number of para-hydroxylation sites is 1. The van der Waals surface area contributed by atoms with E-state index in [1.807, 2.05) is 0 Å². The van der Waals surface area contributed by atoms with Gasteiger partial charge in [-0.05, 0) is 45.7 Å². The van der Waals surface area contributed by atoms with Crippen molar-refractivity contribution in [2.75, 3.05) is 17.7 Å². The molecule has 3 aromatic rings. The molecular formula is C26H32ClF3N7O7P. The van der Waals surface area contributed by atoms with E-state index in [0.29, 0.717) is 0 Å². The van der Waals surface area contributed by atoms with Crippen LogP contribution in [0.4, 0.5) is 24.9 Å². The van der Waals surface area contributed by atoms with Crippen LogP contribution < -0.4 is 20.7 Å². The van der Waals surface area contributed by atoms with Crippen molar-refractivity contribution in [3.63, 3.8) is 0 Å². The van der Waals surface area contributed by atoms with Gasteiger partial charge in [-0.15, -0.1) is 11.6 Å². The summed E-state index contributed by atoms with van der Waals surface area (Å²) in [6.45, 7) is 3.65. The second kappa shape index (κ2) is 12.5. The van der Waals surface area contributed by atoms with Crippen molar-refractivity contribution in [2.24, 2.45) is 0 Å². The monoisotopic (exact) mass is 677 g/mol. The van der Waals surface area contributed by atoms with Gasteiger partial charge in [0.1, 0.15) is 24.0 Å². The molecule has 0 amide bonds. The molecule has 1 aromatic carbocycles. The Morgan fingerprint density at radius 3 is 2.58 bits per heavy atom. The van der Waals surface area contributed by atoms with Crippen LogP contribution in [0.5, 0.6) is 5.75 Å². The molecule has 0 spiro atoms. The summed E-state index contributed by atoms with van der Waals surface area (Å²) < 4.78 is 80.4. The summed E-state index contributed by atoms with van der Waals surface area (Å²) in [6.07, 6.45) is -9.35. The van der Waals surface area contributed by atoms with Gasteiger partial charge in [-0.25, -0.2) is 9.55 Å². The normalized spacial score (nSPS) is 25.7. The average molecular weight is 678 g/mol. The number of nitrogens with zero attached hydrogens (tertiary/aromatic N) is 4. The van der Waals surface area contributed by atoms with E-state index in [9.17, 15) is 27.6 Å². The first kappa shape index (κ1) is 33.2. The van der Waals surface area contributed by atoms with Crippen LogP contribution in [0.15, 0.2) is 36.7 Å². The Labute approximate surface area is 260 Å². The van der Waals surface area contributed by atoms with Gasteiger partial charge in [0.15, 0.2) is 23.2 Å². The van der Waals surface area contributed by atoms with E-state index >= 15 is 0 Å². The third-order valence-electron chi connectivity index (χ3n) is 6.92. The number of ether oxygens (including phenoxy) is 2. The Morgan fingerprint density at radius 2 is 1.96 bits per heavy atom. The number of benzene rings is 1. The fourth-order valence-electron chi connectivity index (χ4n) is 4.59. The lowest BCUT2D eigenvalue weighted by Gasteiger charge is -2.32. The Kier molecular flexibility index (Phi) is 9.23. The Hall–Kier alpha value is -3.21. The third kappa shape index (κ3) is 6.98. The lowest BCUT2D eigenvalue weighted by atomic mass is 9.98. The molecule has 0 bridgehead atoms. The molecule has 1 aliphatic heterocycles. The quantitative estimate of drug-likeness (QED) is 0.123. The highest BCUT2D eigenvalue weighted by molar-refractivity contribution is 7.52. The number of nitrogens with one attached hydrogen (secondary N) is 2. The number of imidazole rings is 1. The maximum Gasteiger partial charge on any atom is 0.459 e. The molecule has 5 rings (SSSR count). The lowest BCUT2D eigenvalue weighted by molar-refractivity contribution is -0.195. The molecule has 45 heavy (non-hydrogen) atoms. The number of rotatable bonds is 12. The van der Waals surface area contributed by atoms with E-state index in [0.717, 1.165) is 23.7 Å². The van der Waals surface area contributed by atoms with Crippen molar-refractivity contribution < 1.29 is 46.2 Å². The van der Waals surface area contributed by atoms with Crippen molar-refractivity contribution in [1.82, 2.24) is 24.6 Å². The first-order valence-corrected chi connectivity index (χ1v) is 15.9. The molecule has 1 aliphatic carbocycles. The molecule has 1 saturated carbocycles. The Morgan fingerprint density at radius 1 is 1.27 bits per heavy atom. The SMILES string of the molecule is CC(C)OC(=O)C(C)N[P@@](=O)(OC[C@H]1O[C@@H](n2cnc3c(NC4CC4)nc(N)nc32)[C@@](Cl)(C(F)(F)F)[C@@H]1O)Oc1ccccc1. The van der Waals surface area contributed by atoms with Crippen molar-refractivity contribution >= 4 is 48.2 Å². The zero-order valence-electron chi connectivity index (χ0n) is 24.3. The summed E-state index contributed by atoms with van der Waals surface area (Å²) in [7, 11) is -4.53. The van der Waals surface area contributed by atoms with Crippen molar-refractivity contribution in [3.8, 4) is 5.75 Å². The number of halogens is 4. The van der Waals surface area contributed by atoms with Crippen molar-refractivity contribution in [3.05, 3.63) is 36.7 Å². The van der Waals surface area contributed by atoms with E-state index < -0.39 is 62.0 Å². The molecule has 19 heteroatoms. The van der Waals surface area contributed by atoms with Crippen molar-refractivity contribution in [2.45, 2.75) is 81.3 Å². The van der Waals surface area contributed by atoms with Gasteiger partial charge >= 0.3 is 19.9 Å². The van der Waals surface area contributed by atoms with Gasteiger partial charge in [0.25, 0.3) is 0 Å². The molecule has 0 radical (unpaired) electrons. The van der Waals surface area contributed by atoms with Gasteiger partial charge in [0.05, 0.1) is 19.0 Å². The van der Waals surface area contributed by atoms with E-state index in [4.69, 9.17) is 35.9 Å². The number of nitrogen functional groups attached to an aromatic ring is 1. The minimum absolute atomic E-state index is 0.0586. The predicted molar refractivity (Wildman–Crippen MR) is 155 cm³/mol. The van der Waals surface area contributed by atoms with Gasteiger partial charge in [0.2, 0.25) is 10.8 Å². The average Bonchev–Trinajstić information content (AvgIpc) is 3.61. The van der Waals surface area contributed by atoms with Crippen molar-refractivity contribution in [1.29, 1.82) is 0 Å². The number of carbonyl (C=O) groups excluding carboxylic acids is 1. The number of hydrogen-bond acceptors (Lipinski definition) is 12. The summed E-state index contributed by atoms with van der Waals surface area (Å²) in [6, 6.07) is 6.59. The third-order valence-corrected chi connectivity index (χ3v) is 9.19. The number of anilines is 2. The van der Waals surface area contributed by atoms with E-state index in [-0.39, 0.29) is 34.7 Å². The maximum absolute atomic E-state index is 14.6. The molecule has 246 valence electrons. The second-order valence-electron chi connectivity index (χ2n) is 10.9. The number of aromatic nitrogens is 4. The molecule has 2 fully saturated rings. The summed E-state index contributed by atoms with van der Waals surface area (Å²) in [5.41, 5.74) is 5.83. The molecule has 3 heterocycles. The molecule has 2 aromatic heterocycles. The number of esters is 1. The fraction of sp³-hybridized carbons (Fsp3) is 0.538. The fourth-order valence-corrected chi connectivity index (χ4v) is 6.39. The van der Waals surface area contributed by atoms with Crippen LogP contribution in [0.25, 0.3) is 11.2 Å². The standard InChI is InChI=1S/C26H32ClF3N7O7P/c1-13(2)42-22(39)14(3)36-45(40,44-16-7-5-4-6-8-16)41-11-17-19(38)25(27,26(28,29)30)23(43-17)37-12-32-18-20(33-15-9-10-15)34-24(31)35-21(18)37/h4-8,12-15,17,19,23,38H,9-11H2,1-3H3,(H,36,40)(H3,31,33,34,35)/t14?,17-,19-,23-,25-,45-/m1/s1. The highest BCUT2D eigenvalue weighted by atomic mass is 35.5. The number of aliphatic hydroxyl groups excluding tert-OH is 1. The zero-order valence-corrected chi connectivity index (χ0v) is 25.9. The van der Waals surface area contributed by atoms with E-state index in [1.54, 1.807) is 32.0 Å². The molecule has 1 unspecified atom stereocenters. The molecule has 2 aliphatic rings. The minimum atomic E-state index is -5.24. The highest BCUT2D eigenvalue weighted by Crippen LogP contribution is 2.55. The van der Waals surface area contributed by atoms with Gasteiger partial charge in [-0.2, -0.15) is 28.2 Å². The summed E-state index contributed by atoms with van der Waals surface area (Å²) in [4.78, 5) is 21.3.